The van der Waals surface area contributed by atoms with Gasteiger partial charge in [0, 0.05) is 10.5 Å². The van der Waals surface area contributed by atoms with Crippen molar-refractivity contribution in [3.63, 3.8) is 0 Å². The van der Waals surface area contributed by atoms with E-state index in [1.807, 2.05) is 6.08 Å². The summed E-state index contributed by atoms with van der Waals surface area (Å²) >= 11 is 2.08. The Labute approximate surface area is 136 Å². The van der Waals surface area contributed by atoms with E-state index in [1.54, 1.807) is 0 Å². The zero-order valence-corrected chi connectivity index (χ0v) is 14.9. The van der Waals surface area contributed by atoms with Gasteiger partial charge in [0.1, 0.15) is 0 Å². The van der Waals surface area contributed by atoms with Crippen molar-refractivity contribution in [2.24, 2.45) is 0 Å². The molecule has 0 saturated carbocycles. The second kappa shape index (κ2) is 11.4. The normalized spacial score (nSPS) is 12.6. The van der Waals surface area contributed by atoms with E-state index < -0.39 is 0 Å². The van der Waals surface area contributed by atoms with Gasteiger partial charge in [-0.05, 0) is 44.7 Å². The van der Waals surface area contributed by atoms with E-state index in [1.165, 1.54) is 23.1 Å². The summed E-state index contributed by atoms with van der Waals surface area (Å²) in [4.78, 5) is 0. The molecule has 2 unspecified atom stereocenters. The van der Waals surface area contributed by atoms with Crippen molar-refractivity contribution in [3.8, 4) is 0 Å². The minimum atomic E-state index is 0.550. The van der Waals surface area contributed by atoms with Crippen molar-refractivity contribution in [1.82, 2.24) is 0 Å². The van der Waals surface area contributed by atoms with Crippen LogP contribution >= 0.6 is 11.8 Å². The molecule has 0 aliphatic rings. The molecule has 0 aliphatic heterocycles. The predicted octanol–water partition coefficient (Wildman–Crippen LogP) is 6.97. The molecule has 21 heavy (non-hydrogen) atoms. The largest absolute Gasteiger partial charge is 0.150 e. The highest BCUT2D eigenvalue weighted by Gasteiger charge is 2.14. The van der Waals surface area contributed by atoms with E-state index in [0.29, 0.717) is 10.5 Å². The maximum atomic E-state index is 3.94. The third-order valence-electron chi connectivity index (χ3n) is 3.46. The lowest BCUT2D eigenvalue weighted by Gasteiger charge is -2.21. The van der Waals surface area contributed by atoms with E-state index >= 15 is 0 Å². The molecule has 1 aromatic rings. The van der Waals surface area contributed by atoms with Crippen LogP contribution in [0.3, 0.4) is 0 Å². The molecule has 0 N–H and O–H groups in total. The topological polar surface area (TPSA) is 0 Å². The van der Waals surface area contributed by atoms with Gasteiger partial charge >= 0.3 is 0 Å². The molecule has 0 radical (unpaired) electrons. The number of hydrogen-bond acceptors (Lipinski definition) is 1. The molecular formula is C20H30S. The van der Waals surface area contributed by atoms with Gasteiger partial charge < -0.3 is 0 Å². The summed E-state index contributed by atoms with van der Waals surface area (Å²) in [5.74, 6) is 0. The zero-order valence-electron chi connectivity index (χ0n) is 14.1. The molecule has 0 nitrogen and oxygen atoms in total. The molecular weight excluding hydrogens is 272 g/mol. The number of allylic oxidation sites excluding steroid dienone is 3. The molecule has 0 aromatic heterocycles. The second-order valence-electron chi connectivity index (χ2n) is 5.15. The molecule has 0 bridgehead atoms. The van der Waals surface area contributed by atoms with Gasteiger partial charge in [0.05, 0.1) is 0 Å². The average Bonchev–Trinajstić information content (AvgIpc) is 2.53. The Morgan fingerprint density at radius 2 is 1.76 bits per heavy atom. The van der Waals surface area contributed by atoms with Gasteiger partial charge in [-0.2, -0.15) is 11.8 Å². The highest BCUT2D eigenvalue weighted by Crippen LogP contribution is 2.36. The first kappa shape index (κ1) is 19.8. The van der Waals surface area contributed by atoms with Gasteiger partial charge in [0.25, 0.3) is 0 Å². The van der Waals surface area contributed by atoms with Crippen LogP contribution in [0, 0.1) is 0 Å². The van der Waals surface area contributed by atoms with Crippen LogP contribution in [0.1, 0.15) is 51.3 Å². The maximum Gasteiger partial charge on any atom is 0.0271 e. The average molecular weight is 303 g/mol. The lowest BCUT2D eigenvalue weighted by atomic mass is 10.0. The van der Waals surface area contributed by atoms with Gasteiger partial charge in [0.15, 0.2) is 0 Å². The second-order valence-corrected chi connectivity index (χ2v) is 6.80. The first-order valence-electron chi connectivity index (χ1n) is 7.57. The summed E-state index contributed by atoms with van der Waals surface area (Å²) in [6, 6.07) is 10.8. The zero-order chi connectivity index (χ0) is 16.3. The molecule has 0 amide bonds. The smallest absolute Gasteiger partial charge is 0.0271 e. The van der Waals surface area contributed by atoms with Gasteiger partial charge in [-0.15, -0.1) is 13.2 Å². The molecule has 0 aliphatic carbocycles. The molecule has 0 saturated heterocycles. The Hall–Kier alpha value is -1.21. The van der Waals surface area contributed by atoms with Crippen LogP contribution in [-0.2, 0) is 0 Å². The minimum Gasteiger partial charge on any atom is -0.150 e. The highest BCUT2D eigenvalue weighted by molar-refractivity contribution is 8.00. The number of rotatable bonds is 7. The van der Waals surface area contributed by atoms with Crippen molar-refractivity contribution >= 4 is 11.8 Å². The van der Waals surface area contributed by atoms with E-state index in [9.17, 15) is 0 Å². The fourth-order valence-electron chi connectivity index (χ4n) is 2.12. The summed E-state index contributed by atoms with van der Waals surface area (Å²) in [6.07, 6.45) is 4.35. The Morgan fingerprint density at radius 1 is 1.19 bits per heavy atom. The van der Waals surface area contributed by atoms with Crippen molar-refractivity contribution in [3.05, 3.63) is 72.9 Å². The van der Waals surface area contributed by atoms with Crippen LogP contribution in [0.2, 0.25) is 0 Å². The van der Waals surface area contributed by atoms with Gasteiger partial charge in [-0.1, -0.05) is 55.5 Å². The molecule has 2 atom stereocenters. The third kappa shape index (κ3) is 7.38. The fraction of sp³-hybridized carbons (Fsp3) is 0.400. The molecule has 0 fully saturated rings. The van der Waals surface area contributed by atoms with E-state index in [0.717, 1.165) is 6.42 Å². The summed E-state index contributed by atoms with van der Waals surface area (Å²) < 4.78 is 0. The monoisotopic (exact) mass is 302 g/mol. The minimum absolute atomic E-state index is 0.550. The summed E-state index contributed by atoms with van der Waals surface area (Å²) in [6.45, 7) is 18.9. The third-order valence-corrected chi connectivity index (χ3v) is 5.02. The van der Waals surface area contributed by atoms with Crippen LogP contribution in [0.4, 0.5) is 0 Å². The fourth-order valence-corrected chi connectivity index (χ4v) is 3.48. The van der Waals surface area contributed by atoms with Crippen molar-refractivity contribution in [2.75, 3.05) is 0 Å². The summed E-state index contributed by atoms with van der Waals surface area (Å²) in [7, 11) is 0. The molecule has 0 spiro atoms. The lowest BCUT2D eigenvalue weighted by molar-refractivity contribution is 0.806. The Kier molecular flexibility index (Phi) is 10.8. The highest BCUT2D eigenvalue weighted by atomic mass is 32.2. The molecule has 116 valence electrons. The van der Waals surface area contributed by atoms with Crippen LogP contribution in [-0.4, -0.2) is 5.25 Å². The maximum absolute atomic E-state index is 3.94. The van der Waals surface area contributed by atoms with Crippen LogP contribution in [0.15, 0.2) is 67.3 Å². The predicted molar refractivity (Wildman–Crippen MR) is 101 cm³/mol. The Balaban J connectivity index is 0.00000191. The van der Waals surface area contributed by atoms with Gasteiger partial charge in [-0.3, -0.25) is 0 Å². The van der Waals surface area contributed by atoms with Crippen molar-refractivity contribution < 1.29 is 0 Å². The molecule has 1 heteroatoms. The van der Waals surface area contributed by atoms with Crippen molar-refractivity contribution in [2.45, 2.75) is 51.0 Å². The quantitative estimate of drug-likeness (QED) is 0.387. The standard InChI is InChI=1S/C18H26S.C2H4/c1-6-16(14(3)4)13-18(7-2)19-15(5)17-11-9-8-10-12-17;1-2/h6,8-12,15,18H,1,7,13H2,2-5H3;1-2H2. The van der Waals surface area contributed by atoms with Gasteiger partial charge in [0.2, 0.25) is 0 Å². The Morgan fingerprint density at radius 3 is 2.19 bits per heavy atom. The van der Waals surface area contributed by atoms with E-state index in [2.05, 4.69) is 89.5 Å². The van der Waals surface area contributed by atoms with Crippen LogP contribution in [0.5, 0.6) is 0 Å². The molecule has 1 rings (SSSR count). The molecule has 0 heterocycles. The lowest BCUT2D eigenvalue weighted by Crippen LogP contribution is -2.05. The first-order chi connectivity index (χ1) is 10.1. The van der Waals surface area contributed by atoms with Gasteiger partial charge in [-0.25, -0.2) is 0 Å². The number of thioether (sulfide) groups is 1. The SMILES string of the molecule is C=C.C=CC(CC(CC)SC(C)c1ccccc1)=C(C)C. The van der Waals surface area contributed by atoms with Crippen LogP contribution < -0.4 is 0 Å². The van der Waals surface area contributed by atoms with Crippen molar-refractivity contribution in [1.29, 1.82) is 0 Å². The van der Waals surface area contributed by atoms with E-state index in [-0.39, 0.29) is 0 Å². The summed E-state index contributed by atoms with van der Waals surface area (Å²) in [5.41, 5.74) is 4.21. The van der Waals surface area contributed by atoms with E-state index in [4.69, 9.17) is 0 Å². The Bertz CT molecular complexity index is 426. The van der Waals surface area contributed by atoms with Crippen LogP contribution in [0.25, 0.3) is 0 Å². The first-order valence-corrected chi connectivity index (χ1v) is 8.52. The summed E-state index contributed by atoms with van der Waals surface area (Å²) in [5, 5.41) is 1.22. The number of hydrogen-bond donors (Lipinski definition) is 0. The molecule has 1 aromatic carbocycles. The number of benzene rings is 1.